The Balaban J connectivity index is 2.89. The second kappa shape index (κ2) is 4.98. The average Bonchev–Trinajstić information content (AvgIpc) is 2.13. The Hall–Kier alpha value is -0.0600. The molecule has 5 heteroatoms. The molecule has 0 bridgehead atoms. The molecule has 1 N–H and O–H groups in total. The second-order valence-corrected chi connectivity index (χ2v) is 5.01. The molecule has 1 unspecified atom stereocenters. The minimum atomic E-state index is -1.04. The summed E-state index contributed by atoms with van der Waals surface area (Å²) in [5.41, 5.74) is 0.757. The van der Waals surface area contributed by atoms with Gasteiger partial charge in [-0.05, 0) is 28.1 Å². The van der Waals surface area contributed by atoms with Gasteiger partial charge in [-0.2, -0.15) is 0 Å². The standard InChI is InChI=1S/C8H9BrClNOS/c1-2-13(12)11-7-5-3-4-6(10)8(7)9/h3-5,11H,2H2,1H3. The number of rotatable bonds is 3. The van der Waals surface area contributed by atoms with E-state index in [9.17, 15) is 4.21 Å². The van der Waals surface area contributed by atoms with Crippen molar-refractivity contribution in [2.24, 2.45) is 0 Å². The molecule has 1 aromatic rings. The zero-order chi connectivity index (χ0) is 9.84. The topological polar surface area (TPSA) is 29.1 Å². The smallest absolute Gasteiger partial charge is 0.116 e. The summed E-state index contributed by atoms with van der Waals surface area (Å²) in [6, 6.07) is 5.40. The molecule has 1 atom stereocenters. The molecule has 0 saturated heterocycles. The third kappa shape index (κ3) is 2.97. The van der Waals surface area contributed by atoms with Crippen LogP contribution in [0.2, 0.25) is 5.02 Å². The molecule has 1 rings (SSSR count). The predicted octanol–water partition coefficient (Wildman–Crippen LogP) is 3.20. The number of halogens is 2. The van der Waals surface area contributed by atoms with Gasteiger partial charge in [0.15, 0.2) is 0 Å². The van der Waals surface area contributed by atoms with Crippen LogP contribution in [0.1, 0.15) is 6.92 Å². The lowest BCUT2D eigenvalue weighted by molar-refractivity contribution is 0.687. The molecule has 0 spiro atoms. The molecule has 0 saturated carbocycles. The Morgan fingerprint density at radius 1 is 1.62 bits per heavy atom. The molecule has 0 aromatic heterocycles. The number of anilines is 1. The lowest BCUT2D eigenvalue weighted by Gasteiger charge is -2.07. The molecule has 0 amide bonds. The van der Waals surface area contributed by atoms with E-state index >= 15 is 0 Å². The van der Waals surface area contributed by atoms with Crippen LogP contribution in [0, 0.1) is 0 Å². The van der Waals surface area contributed by atoms with E-state index in [1.54, 1.807) is 6.07 Å². The van der Waals surface area contributed by atoms with Crippen molar-refractivity contribution in [1.82, 2.24) is 0 Å². The van der Waals surface area contributed by atoms with E-state index in [2.05, 4.69) is 20.7 Å². The van der Waals surface area contributed by atoms with Crippen molar-refractivity contribution < 1.29 is 4.21 Å². The molecule has 0 aliphatic heterocycles. The monoisotopic (exact) mass is 281 g/mol. The van der Waals surface area contributed by atoms with Crippen LogP contribution in [0.4, 0.5) is 5.69 Å². The summed E-state index contributed by atoms with van der Waals surface area (Å²) >= 11 is 9.16. The maximum absolute atomic E-state index is 11.2. The minimum absolute atomic E-state index is 0.568. The highest BCUT2D eigenvalue weighted by Crippen LogP contribution is 2.30. The molecule has 1 aromatic carbocycles. The fourth-order valence-electron chi connectivity index (χ4n) is 0.777. The fourth-order valence-corrected chi connectivity index (χ4v) is 2.01. The van der Waals surface area contributed by atoms with Gasteiger partial charge in [-0.15, -0.1) is 0 Å². The Bertz CT molecular complexity index is 332. The quantitative estimate of drug-likeness (QED) is 0.906. The van der Waals surface area contributed by atoms with Crippen LogP contribution in [-0.2, 0) is 11.0 Å². The third-order valence-electron chi connectivity index (χ3n) is 1.44. The van der Waals surface area contributed by atoms with Crippen LogP contribution in [0.3, 0.4) is 0 Å². The molecule has 0 radical (unpaired) electrons. The average molecular weight is 283 g/mol. The summed E-state index contributed by atoms with van der Waals surface area (Å²) in [7, 11) is -1.04. The van der Waals surface area contributed by atoms with E-state index in [0.29, 0.717) is 10.8 Å². The van der Waals surface area contributed by atoms with Gasteiger partial charge in [-0.1, -0.05) is 24.6 Å². The van der Waals surface area contributed by atoms with Crippen LogP contribution < -0.4 is 4.72 Å². The number of nitrogens with one attached hydrogen (secondary N) is 1. The Labute approximate surface area is 93.4 Å². The zero-order valence-corrected chi connectivity index (χ0v) is 10.2. The van der Waals surface area contributed by atoms with Crippen LogP contribution in [0.25, 0.3) is 0 Å². The highest BCUT2D eigenvalue weighted by atomic mass is 79.9. The van der Waals surface area contributed by atoms with E-state index in [1.165, 1.54) is 0 Å². The number of hydrogen-bond acceptors (Lipinski definition) is 1. The predicted molar refractivity (Wildman–Crippen MR) is 61.5 cm³/mol. The lowest BCUT2D eigenvalue weighted by atomic mass is 10.3. The first-order chi connectivity index (χ1) is 6.15. The van der Waals surface area contributed by atoms with E-state index in [1.807, 2.05) is 19.1 Å². The van der Waals surface area contributed by atoms with Crippen molar-refractivity contribution in [2.75, 3.05) is 10.5 Å². The second-order valence-electron chi connectivity index (χ2n) is 2.34. The summed E-state index contributed by atoms with van der Waals surface area (Å²) in [6.45, 7) is 1.85. The van der Waals surface area contributed by atoms with Gasteiger partial charge in [0.25, 0.3) is 0 Å². The van der Waals surface area contributed by atoms with Gasteiger partial charge in [-0.25, -0.2) is 4.21 Å². The van der Waals surface area contributed by atoms with Crippen molar-refractivity contribution >= 4 is 44.2 Å². The van der Waals surface area contributed by atoms with Crippen LogP contribution in [0.5, 0.6) is 0 Å². The molecule has 0 aliphatic rings. The molecule has 0 aliphatic carbocycles. The van der Waals surface area contributed by atoms with Crippen molar-refractivity contribution in [3.05, 3.63) is 27.7 Å². The summed E-state index contributed by atoms with van der Waals surface area (Å²) in [4.78, 5) is 0. The van der Waals surface area contributed by atoms with E-state index in [0.717, 1.165) is 10.2 Å². The molecule has 0 fully saturated rings. The number of benzene rings is 1. The maximum atomic E-state index is 11.2. The van der Waals surface area contributed by atoms with Gasteiger partial charge in [0.2, 0.25) is 0 Å². The Kier molecular flexibility index (Phi) is 4.22. The molecule has 0 heterocycles. The fraction of sp³-hybridized carbons (Fsp3) is 0.250. The van der Waals surface area contributed by atoms with Crippen molar-refractivity contribution in [3.8, 4) is 0 Å². The molecule has 13 heavy (non-hydrogen) atoms. The van der Waals surface area contributed by atoms with Crippen LogP contribution >= 0.6 is 27.5 Å². The van der Waals surface area contributed by atoms with Crippen LogP contribution in [0.15, 0.2) is 22.7 Å². The molecule has 72 valence electrons. The molecular formula is C8H9BrClNOS. The highest BCUT2D eigenvalue weighted by molar-refractivity contribution is 9.10. The zero-order valence-electron chi connectivity index (χ0n) is 7.01. The Morgan fingerprint density at radius 2 is 2.31 bits per heavy atom. The van der Waals surface area contributed by atoms with Gasteiger partial charge >= 0.3 is 0 Å². The largest absolute Gasteiger partial charge is 0.304 e. The first kappa shape index (κ1) is 11.0. The summed E-state index contributed by atoms with van der Waals surface area (Å²) in [5.74, 6) is 0.568. The van der Waals surface area contributed by atoms with Gasteiger partial charge in [0.1, 0.15) is 11.0 Å². The molecular weight excluding hydrogens is 274 g/mol. The molecule has 2 nitrogen and oxygen atoms in total. The van der Waals surface area contributed by atoms with Gasteiger partial charge in [-0.3, -0.25) is 0 Å². The third-order valence-corrected chi connectivity index (χ3v) is 3.81. The highest BCUT2D eigenvalue weighted by Gasteiger charge is 2.04. The first-order valence-corrected chi connectivity index (χ1v) is 6.23. The van der Waals surface area contributed by atoms with E-state index in [4.69, 9.17) is 11.6 Å². The normalized spacial score (nSPS) is 12.5. The minimum Gasteiger partial charge on any atom is -0.304 e. The summed E-state index contributed by atoms with van der Waals surface area (Å²) in [5, 5.41) is 0.609. The SMILES string of the molecule is CCS(=O)Nc1cccc(Cl)c1Br. The van der Waals surface area contributed by atoms with Crippen LogP contribution in [-0.4, -0.2) is 9.96 Å². The maximum Gasteiger partial charge on any atom is 0.116 e. The van der Waals surface area contributed by atoms with Gasteiger partial charge in [0.05, 0.1) is 15.2 Å². The van der Waals surface area contributed by atoms with Gasteiger partial charge in [0, 0.05) is 5.75 Å². The summed E-state index contributed by atoms with van der Waals surface area (Å²) < 4.78 is 14.8. The van der Waals surface area contributed by atoms with Crippen molar-refractivity contribution in [3.63, 3.8) is 0 Å². The van der Waals surface area contributed by atoms with Crippen molar-refractivity contribution in [1.29, 1.82) is 0 Å². The Morgan fingerprint density at radius 3 is 2.92 bits per heavy atom. The van der Waals surface area contributed by atoms with E-state index in [-0.39, 0.29) is 0 Å². The summed E-state index contributed by atoms with van der Waals surface area (Å²) in [6.07, 6.45) is 0. The lowest BCUT2D eigenvalue weighted by Crippen LogP contribution is -2.06. The van der Waals surface area contributed by atoms with Gasteiger partial charge < -0.3 is 4.72 Å². The van der Waals surface area contributed by atoms with E-state index < -0.39 is 11.0 Å². The van der Waals surface area contributed by atoms with Crippen molar-refractivity contribution in [2.45, 2.75) is 6.92 Å². The number of hydrogen-bond donors (Lipinski definition) is 1. The first-order valence-electron chi connectivity index (χ1n) is 3.74.